The van der Waals surface area contributed by atoms with Crippen LogP contribution in [0.4, 0.5) is 0 Å². The third-order valence-corrected chi connectivity index (χ3v) is 4.57. The fourth-order valence-electron chi connectivity index (χ4n) is 2.51. The van der Waals surface area contributed by atoms with Crippen molar-refractivity contribution >= 4 is 28.0 Å². The lowest BCUT2D eigenvalue weighted by Gasteiger charge is -2.09. The normalized spacial score (nSPS) is 10.7. The van der Waals surface area contributed by atoms with E-state index in [1.54, 1.807) is 18.4 Å². The molecule has 0 radical (unpaired) electrons. The Bertz CT molecular complexity index is 842. The molecule has 1 amide bonds. The van der Waals surface area contributed by atoms with Crippen LogP contribution in [0.3, 0.4) is 0 Å². The molecule has 0 aliphatic rings. The summed E-state index contributed by atoms with van der Waals surface area (Å²) in [7, 11) is 1.65. The summed E-state index contributed by atoms with van der Waals surface area (Å²) in [5.74, 6) is 0.803. The van der Waals surface area contributed by atoms with Crippen molar-refractivity contribution in [3.8, 4) is 5.75 Å². The van der Waals surface area contributed by atoms with Crippen molar-refractivity contribution in [2.75, 3.05) is 7.11 Å². The lowest BCUT2D eigenvalue weighted by Crippen LogP contribution is -2.24. The van der Waals surface area contributed by atoms with Crippen molar-refractivity contribution in [1.82, 2.24) is 10.3 Å². The van der Waals surface area contributed by atoms with E-state index in [9.17, 15) is 4.79 Å². The van der Waals surface area contributed by atoms with Crippen molar-refractivity contribution in [2.45, 2.75) is 19.9 Å². The molecule has 3 rings (SSSR count). The van der Waals surface area contributed by atoms with Gasteiger partial charge in [0.1, 0.15) is 5.75 Å². The van der Waals surface area contributed by atoms with Gasteiger partial charge >= 0.3 is 0 Å². The van der Waals surface area contributed by atoms with Gasteiger partial charge in [-0.15, -0.1) is 11.3 Å². The Labute approximate surface area is 139 Å². The number of ether oxygens (including phenoxy) is 1. The molecule has 4 nitrogen and oxygen atoms in total. The van der Waals surface area contributed by atoms with Crippen LogP contribution < -0.4 is 10.1 Å². The first-order valence-corrected chi connectivity index (χ1v) is 8.21. The maximum atomic E-state index is 12.2. The smallest absolute Gasteiger partial charge is 0.224 e. The topological polar surface area (TPSA) is 51.2 Å². The number of nitrogens with zero attached hydrogens (tertiary/aromatic N) is 1. The first kappa shape index (κ1) is 15.5. The van der Waals surface area contributed by atoms with E-state index < -0.39 is 0 Å². The highest BCUT2D eigenvalue weighted by Crippen LogP contribution is 2.24. The van der Waals surface area contributed by atoms with Gasteiger partial charge in [-0.05, 0) is 35.4 Å². The quantitative estimate of drug-likeness (QED) is 0.781. The molecule has 1 aromatic heterocycles. The molecule has 0 saturated carbocycles. The number of aromatic nitrogens is 1. The SMILES string of the molecule is COc1ccc2cccc(CC(=O)NCc3cnc(C)s3)c2c1. The van der Waals surface area contributed by atoms with Crippen molar-refractivity contribution in [1.29, 1.82) is 0 Å². The van der Waals surface area contributed by atoms with Gasteiger partial charge in [-0.1, -0.05) is 24.3 Å². The Kier molecular flexibility index (Phi) is 4.57. The second-order valence-electron chi connectivity index (χ2n) is 5.30. The van der Waals surface area contributed by atoms with E-state index in [0.29, 0.717) is 13.0 Å². The third kappa shape index (κ3) is 3.68. The Balaban J connectivity index is 1.73. The van der Waals surface area contributed by atoms with Gasteiger partial charge in [-0.2, -0.15) is 0 Å². The van der Waals surface area contributed by atoms with Crippen LogP contribution in [0, 0.1) is 6.92 Å². The number of carbonyl (C=O) groups is 1. The minimum Gasteiger partial charge on any atom is -0.497 e. The fourth-order valence-corrected chi connectivity index (χ4v) is 3.24. The van der Waals surface area contributed by atoms with Crippen LogP contribution in [-0.4, -0.2) is 18.0 Å². The van der Waals surface area contributed by atoms with Gasteiger partial charge in [-0.25, -0.2) is 4.98 Å². The molecule has 0 aliphatic heterocycles. The fraction of sp³-hybridized carbons (Fsp3) is 0.222. The number of rotatable bonds is 5. The van der Waals surface area contributed by atoms with Gasteiger partial charge in [0.05, 0.1) is 25.1 Å². The van der Waals surface area contributed by atoms with Crippen LogP contribution in [-0.2, 0) is 17.8 Å². The number of benzene rings is 2. The van der Waals surface area contributed by atoms with E-state index in [4.69, 9.17) is 4.74 Å². The van der Waals surface area contributed by atoms with Crippen molar-refractivity contribution < 1.29 is 9.53 Å². The first-order chi connectivity index (χ1) is 11.2. The molecule has 1 heterocycles. The van der Waals surface area contributed by atoms with Gasteiger partial charge in [-0.3, -0.25) is 4.79 Å². The predicted octanol–water partition coefficient (Wildman–Crippen LogP) is 3.47. The van der Waals surface area contributed by atoms with Crippen LogP contribution in [0.1, 0.15) is 15.4 Å². The summed E-state index contributed by atoms with van der Waals surface area (Å²) in [6, 6.07) is 11.9. The zero-order valence-electron chi connectivity index (χ0n) is 13.1. The van der Waals surface area contributed by atoms with E-state index in [-0.39, 0.29) is 5.91 Å². The number of amides is 1. The molecule has 0 aliphatic carbocycles. The second kappa shape index (κ2) is 6.79. The van der Waals surface area contributed by atoms with E-state index in [1.807, 2.05) is 49.5 Å². The molecule has 23 heavy (non-hydrogen) atoms. The summed E-state index contributed by atoms with van der Waals surface area (Å²) in [6.45, 7) is 2.48. The summed E-state index contributed by atoms with van der Waals surface area (Å²) in [4.78, 5) is 17.5. The highest BCUT2D eigenvalue weighted by Gasteiger charge is 2.08. The Morgan fingerprint density at radius 2 is 2.17 bits per heavy atom. The summed E-state index contributed by atoms with van der Waals surface area (Å²) >= 11 is 1.60. The lowest BCUT2D eigenvalue weighted by atomic mass is 10.0. The van der Waals surface area contributed by atoms with Crippen LogP contribution in [0.15, 0.2) is 42.6 Å². The highest BCUT2D eigenvalue weighted by molar-refractivity contribution is 7.11. The summed E-state index contributed by atoms with van der Waals surface area (Å²) in [5.41, 5.74) is 0.999. The van der Waals surface area contributed by atoms with E-state index in [0.717, 1.165) is 32.0 Å². The average molecular weight is 326 g/mol. The molecule has 2 aromatic carbocycles. The predicted molar refractivity (Wildman–Crippen MR) is 92.9 cm³/mol. The van der Waals surface area contributed by atoms with Crippen LogP contribution in [0.5, 0.6) is 5.75 Å². The summed E-state index contributed by atoms with van der Waals surface area (Å²) < 4.78 is 5.28. The van der Waals surface area contributed by atoms with Gasteiger partial charge < -0.3 is 10.1 Å². The molecule has 0 unspecified atom stereocenters. The summed E-state index contributed by atoms with van der Waals surface area (Å²) in [5, 5.41) is 6.12. The zero-order chi connectivity index (χ0) is 16.2. The zero-order valence-corrected chi connectivity index (χ0v) is 13.9. The molecular weight excluding hydrogens is 308 g/mol. The maximum absolute atomic E-state index is 12.2. The standard InChI is InChI=1S/C18H18N2O2S/c1-12-19-10-16(23-12)11-20-18(21)8-14-5-3-4-13-6-7-15(22-2)9-17(13)14/h3-7,9-10H,8,11H2,1-2H3,(H,20,21). The number of thiazole rings is 1. The van der Waals surface area contributed by atoms with Crippen molar-refractivity contribution in [2.24, 2.45) is 0 Å². The molecule has 0 atom stereocenters. The molecule has 0 spiro atoms. The Morgan fingerprint density at radius 1 is 1.30 bits per heavy atom. The third-order valence-electron chi connectivity index (χ3n) is 3.66. The van der Waals surface area contributed by atoms with Gasteiger partial charge in [0.15, 0.2) is 0 Å². The average Bonchev–Trinajstić information content (AvgIpc) is 2.98. The van der Waals surface area contributed by atoms with Crippen LogP contribution in [0.25, 0.3) is 10.8 Å². The first-order valence-electron chi connectivity index (χ1n) is 7.39. The number of nitrogens with one attached hydrogen (secondary N) is 1. The largest absolute Gasteiger partial charge is 0.497 e. The van der Waals surface area contributed by atoms with Crippen LogP contribution in [0.2, 0.25) is 0 Å². The molecule has 0 saturated heterocycles. The lowest BCUT2D eigenvalue weighted by molar-refractivity contribution is -0.120. The molecule has 3 aromatic rings. The van der Waals surface area contributed by atoms with E-state index in [2.05, 4.69) is 10.3 Å². The van der Waals surface area contributed by atoms with Gasteiger partial charge in [0.25, 0.3) is 0 Å². The number of methoxy groups -OCH3 is 1. The molecule has 0 bridgehead atoms. The second-order valence-corrected chi connectivity index (χ2v) is 6.62. The molecular formula is C18H18N2O2S. The Hall–Kier alpha value is -2.40. The minimum atomic E-state index is 0.00590. The van der Waals surface area contributed by atoms with Crippen molar-refractivity contribution in [3.63, 3.8) is 0 Å². The number of carbonyl (C=O) groups excluding carboxylic acids is 1. The number of fused-ring (bicyclic) bond motifs is 1. The number of hydrogen-bond acceptors (Lipinski definition) is 4. The van der Waals surface area contributed by atoms with Crippen LogP contribution >= 0.6 is 11.3 Å². The van der Waals surface area contributed by atoms with E-state index in [1.165, 1.54) is 0 Å². The number of hydrogen-bond donors (Lipinski definition) is 1. The Morgan fingerprint density at radius 3 is 2.91 bits per heavy atom. The molecule has 5 heteroatoms. The monoisotopic (exact) mass is 326 g/mol. The van der Waals surface area contributed by atoms with Crippen molar-refractivity contribution in [3.05, 3.63) is 58.0 Å². The molecule has 1 N–H and O–H groups in total. The highest BCUT2D eigenvalue weighted by atomic mass is 32.1. The van der Waals surface area contributed by atoms with E-state index >= 15 is 0 Å². The maximum Gasteiger partial charge on any atom is 0.224 e. The van der Waals surface area contributed by atoms with Gasteiger partial charge in [0, 0.05) is 11.1 Å². The molecule has 118 valence electrons. The summed E-state index contributed by atoms with van der Waals surface area (Å²) in [6.07, 6.45) is 2.16. The minimum absolute atomic E-state index is 0.00590. The molecule has 0 fully saturated rings. The van der Waals surface area contributed by atoms with Gasteiger partial charge in [0.2, 0.25) is 5.91 Å². The number of aryl methyl sites for hydroxylation is 1.